The summed E-state index contributed by atoms with van der Waals surface area (Å²) in [6.45, 7) is 4.46. The van der Waals surface area contributed by atoms with Gasteiger partial charge < -0.3 is 9.88 Å². The standard InChI is InChI=1S/C30H28N4O/c1-20-17-21(2)33-30-29(20)25(18-31)27(15-16-28(35)32-19-22-9-4-3-5-10-22)34(30)26-14-8-12-23-11-6-7-13-24(23)26/h3-7,9-11,13,15-17,26H,8,12,14,19H2,1-2H3,(H,32,35)/b16-15+/t26-/m0/s1. The van der Waals surface area contributed by atoms with Gasteiger partial charge in [-0.2, -0.15) is 5.26 Å². The molecular weight excluding hydrogens is 432 g/mol. The van der Waals surface area contributed by atoms with Crippen LogP contribution in [-0.2, 0) is 17.8 Å². The van der Waals surface area contributed by atoms with Crippen LogP contribution in [0, 0.1) is 25.2 Å². The first-order valence-electron chi connectivity index (χ1n) is 12.1. The van der Waals surface area contributed by atoms with E-state index in [0.29, 0.717) is 12.1 Å². The normalized spacial score (nSPS) is 15.2. The number of aromatic nitrogens is 2. The van der Waals surface area contributed by atoms with E-state index in [0.717, 1.165) is 52.8 Å². The van der Waals surface area contributed by atoms with E-state index in [-0.39, 0.29) is 11.9 Å². The number of nitrogens with one attached hydrogen (secondary N) is 1. The largest absolute Gasteiger partial charge is 0.348 e. The molecule has 1 aliphatic rings. The van der Waals surface area contributed by atoms with Gasteiger partial charge in [0.2, 0.25) is 5.91 Å². The molecule has 2 aromatic carbocycles. The van der Waals surface area contributed by atoms with Crippen molar-refractivity contribution in [3.63, 3.8) is 0 Å². The summed E-state index contributed by atoms with van der Waals surface area (Å²) in [7, 11) is 0. The lowest BCUT2D eigenvalue weighted by atomic mass is 9.87. The molecule has 4 aromatic rings. The summed E-state index contributed by atoms with van der Waals surface area (Å²) in [5, 5.41) is 14.0. The lowest BCUT2D eigenvalue weighted by Gasteiger charge is -2.28. The van der Waals surface area contributed by atoms with Crippen LogP contribution < -0.4 is 5.32 Å². The van der Waals surface area contributed by atoms with Crippen LogP contribution in [0.25, 0.3) is 17.1 Å². The van der Waals surface area contributed by atoms with Crippen LogP contribution in [0.5, 0.6) is 0 Å². The number of nitrogens with zero attached hydrogens (tertiary/aromatic N) is 3. The topological polar surface area (TPSA) is 70.7 Å². The first kappa shape index (κ1) is 22.6. The number of amides is 1. The van der Waals surface area contributed by atoms with Crippen molar-refractivity contribution in [2.24, 2.45) is 0 Å². The monoisotopic (exact) mass is 460 g/mol. The molecule has 1 aliphatic carbocycles. The van der Waals surface area contributed by atoms with Gasteiger partial charge in [-0.05, 0) is 67.5 Å². The maximum atomic E-state index is 12.7. The highest BCUT2D eigenvalue weighted by Gasteiger charge is 2.28. The molecule has 0 bridgehead atoms. The number of benzene rings is 2. The molecule has 0 fully saturated rings. The second-order valence-electron chi connectivity index (χ2n) is 9.16. The minimum Gasteiger partial charge on any atom is -0.348 e. The Morgan fingerprint density at radius 3 is 2.74 bits per heavy atom. The third kappa shape index (κ3) is 4.36. The minimum atomic E-state index is -0.195. The van der Waals surface area contributed by atoms with Crippen LogP contribution in [0.2, 0.25) is 0 Å². The molecule has 0 spiro atoms. The number of hydrogen-bond acceptors (Lipinski definition) is 3. The van der Waals surface area contributed by atoms with Crippen LogP contribution in [0.3, 0.4) is 0 Å². The fraction of sp³-hybridized carbons (Fsp3) is 0.233. The highest BCUT2D eigenvalue weighted by Crippen LogP contribution is 2.39. The Bertz CT molecular complexity index is 1470. The molecule has 1 atom stereocenters. The Morgan fingerprint density at radius 2 is 1.94 bits per heavy atom. The molecule has 2 heterocycles. The molecule has 0 radical (unpaired) electrons. The lowest BCUT2D eigenvalue weighted by Crippen LogP contribution is -2.21. The Labute approximate surface area is 205 Å². The molecule has 1 amide bonds. The van der Waals surface area contributed by atoms with Gasteiger partial charge in [0.05, 0.1) is 17.3 Å². The van der Waals surface area contributed by atoms with Crippen LogP contribution >= 0.6 is 0 Å². The number of nitriles is 1. The fourth-order valence-corrected chi connectivity index (χ4v) is 5.25. The first-order chi connectivity index (χ1) is 17.1. The van der Waals surface area contributed by atoms with Crippen LogP contribution in [0.1, 0.15) is 58.1 Å². The molecule has 5 heteroatoms. The predicted molar refractivity (Wildman–Crippen MR) is 139 cm³/mol. The molecule has 0 aliphatic heterocycles. The summed E-state index contributed by atoms with van der Waals surface area (Å²) in [5.74, 6) is -0.195. The summed E-state index contributed by atoms with van der Waals surface area (Å²) in [6.07, 6.45) is 6.39. The minimum absolute atomic E-state index is 0.0604. The van der Waals surface area contributed by atoms with Crippen molar-refractivity contribution in [3.8, 4) is 6.07 Å². The molecule has 0 unspecified atom stereocenters. The van der Waals surface area contributed by atoms with E-state index < -0.39 is 0 Å². The average Bonchev–Trinajstić information content (AvgIpc) is 3.19. The average molecular weight is 461 g/mol. The van der Waals surface area contributed by atoms with Gasteiger partial charge in [0.25, 0.3) is 0 Å². The second kappa shape index (κ2) is 9.60. The van der Waals surface area contributed by atoms with Crippen molar-refractivity contribution in [2.75, 3.05) is 0 Å². The van der Waals surface area contributed by atoms with E-state index in [9.17, 15) is 10.1 Å². The molecule has 1 N–H and O–H groups in total. The molecule has 174 valence electrons. The second-order valence-corrected chi connectivity index (χ2v) is 9.16. The van der Waals surface area contributed by atoms with Gasteiger partial charge in [-0.3, -0.25) is 4.79 Å². The number of carbonyl (C=O) groups excluding carboxylic acids is 1. The van der Waals surface area contributed by atoms with Crippen molar-refractivity contribution >= 4 is 23.0 Å². The summed E-state index contributed by atoms with van der Waals surface area (Å²) in [4.78, 5) is 17.6. The number of carbonyl (C=O) groups is 1. The van der Waals surface area contributed by atoms with Gasteiger partial charge in [0.15, 0.2) is 0 Å². The van der Waals surface area contributed by atoms with E-state index >= 15 is 0 Å². The smallest absolute Gasteiger partial charge is 0.244 e. The highest BCUT2D eigenvalue weighted by atomic mass is 16.1. The van der Waals surface area contributed by atoms with Gasteiger partial charge in [-0.25, -0.2) is 4.98 Å². The molecule has 2 aromatic heterocycles. The zero-order valence-corrected chi connectivity index (χ0v) is 20.1. The lowest BCUT2D eigenvalue weighted by molar-refractivity contribution is -0.116. The summed E-state index contributed by atoms with van der Waals surface area (Å²) < 4.78 is 2.19. The van der Waals surface area contributed by atoms with E-state index in [1.165, 1.54) is 17.2 Å². The number of pyridine rings is 1. The van der Waals surface area contributed by atoms with Crippen LogP contribution in [0.15, 0.2) is 66.7 Å². The van der Waals surface area contributed by atoms with Gasteiger partial charge >= 0.3 is 0 Å². The van der Waals surface area contributed by atoms with Crippen molar-refractivity contribution in [2.45, 2.75) is 45.7 Å². The molecule has 35 heavy (non-hydrogen) atoms. The van der Waals surface area contributed by atoms with Gasteiger partial charge in [0, 0.05) is 23.7 Å². The fourth-order valence-electron chi connectivity index (χ4n) is 5.25. The summed E-state index contributed by atoms with van der Waals surface area (Å²) in [5.41, 5.74) is 7.70. The Morgan fingerprint density at radius 1 is 1.17 bits per heavy atom. The van der Waals surface area contributed by atoms with Gasteiger partial charge in [-0.1, -0.05) is 54.6 Å². The highest BCUT2D eigenvalue weighted by molar-refractivity contribution is 5.96. The van der Waals surface area contributed by atoms with Gasteiger partial charge in [0.1, 0.15) is 11.7 Å². The molecule has 5 nitrogen and oxygen atoms in total. The molecule has 0 saturated heterocycles. The summed E-state index contributed by atoms with van der Waals surface area (Å²) >= 11 is 0. The summed E-state index contributed by atoms with van der Waals surface area (Å²) in [6, 6.07) is 22.8. The number of rotatable bonds is 5. The molecule has 5 rings (SSSR count). The third-order valence-electron chi connectivity index (χ3n) is 6.78. The first-order valence-corrected chi connectivity index (χ1v) is 12.1. The van der Waals surface area contributed by atoms with Crippen molar-refractivity contribution in [1.29, 1.82) is 5.26 Å². The third-order valence-corrected chi connectivity index (χ3v) is 6.78. The Kier molecular flexibility index (Phi) is 6.20. The van der Waals surface area contributed by atoms with Crippen LogP contribution in [0.4, 0.5) is 0 Å². The van der Waals surface area contributed by atoms with Crippen molar-refractivity contribution in [1.82, 2.24) is 14.9 Å². The number of hydrogen-bond donors (Lipinski definition) is 1. The number of fused-ring (bicyclic) bond motifs is 2. The van der Waals surface area contributed by atoms with E-state index in [1.807, 2.05) is 50.2 Å². The Balaban J connectivity index is 1.61. The van der Waals surface area contributed by atoms with Crippen molar-refractivity contribution in [3.05, 3.63) is 106 Å². The quantitative estimate of drug-likeness (QED) is 0.384. The predicted octanol–water partition coefficient (Wildman–Crippen LogP) is 5.78. The van der Waals surface area contributed by atoms with E-state index in [2.05, 4.69) is 40.2 Å². The van der Waals surface area contributed by atoms with Gasteiger partial charge in [-0.15, -0.1) is 0 Å². The van der Waals surface area contributed by atoms with E-state index in [1.54, 1.807) is 6.08 Å². The molecule has 0 saturated carbocycles. The zero-order chi connectivity index (χ0) is 24.4. The SMILES string of the molecule is Cc1cc(C)c2c(C#N)c(/C=C/C(=O)NCc3ccccc3)n([C@H]3CCCc4ccccc43)c2n1. The Hall–Kier alpha value is -4.17. The maximum Gasteiger partial charge on any atom is 0.244 e. The zero-order valence-electron chi connectivity index (χ0n) is 20.1. The number of aryl methyl sites for hydroxylation is 3. The molecular formula is C30H28N4O. The van der Waals surface area contributed by atoms with Crippen molar-refractivity contribution < 1.29 is 4.79 Å². The van der Waals surface area contributed by atoms with E-state index in [4.69, 9.17) is 4.98 Å². The maximum absolute atomic E-state index is 12.7. The van der Waals surface area contributed by atoms with Crippen LogP contribution in [-0.4, -0.2) is 15.5 Å².